The lowest BCUT2D eigenvalue weighted by atomic mass is 10.0. The molecule has 2 aromatic heterocycles. The number of nitriles is 2. The average molecular weight is 462 g/mol. The van der Waals surface area contributed by atoms with Crippen LogP contribution in [0.1, 0.15) is 11.1 Å². The van der Waals surface area contributed by atoms with Crippen LogP contribution in [0.5, 0.6) is 0 Å². The third kappa shape index (κ3) is 2.73. The Bertz CT molecular complexity index is 1920. The van der Waals surface area contributed by atoms with Crippen molar-refractivity contribution >= 4 is 43.6 Å². The lowest BCUT2D eigenvalue weighted by Crippen LogP contribution is -2.00. The molecule has 0 saturated carbocycles. The lowest BCUT2D eigenvalue weighted by molar-refractivity contribution is 0.813. The Kier molecular flexibility index (Phi) is 4.11. The Hall–Kier alpha value is -5.60. The van der Waals surface area contributed by atoms with E-state index >= 15 is 0 Å². The zero-order valence-corrected chi connectivity index (χ0v) is 18.7. The first-order valence-electron chi connectivity index (χ1n) is 11.2. The quantitative estimate of drug-likeness (QED) is 0.349. The summed E-state index contributed by atoms with van der Waals surface area (Å²) in [4.78, 5) is 0. The first-order valence-corrected chi connectivity index (χ1v) is 11.2. The van der Waals surface area contributed by atoms with E-state index in [4.69, 9.17) is 0 Å². The summed E-state index contributed by atoms with van der Waals surface area (Å²) in [5.74, 6) is 0. The number of aromatic nitrogens is 6. The molecule has 0 aliphatic rings. The molecule has 0 aliphatic heterocycles. The summed E-state index contributed by atoms with van der Waals surface area (Å²) >= 11 is 0. The molecule has 8 nitrogen and oxygen atoms in total. The van der Waals surface area contributed by atoms with Gasteiger partial charge in [0.05, 0.1) is 45.7 Å². The molecule has 2 heterocycles. The Balaban J connectivity index is 1.37. The van der Waals surface area contributed by atoms with Crippen molar-refractivity contribution in [2.24, 2.45) is 0 Å². The summed E-state index contributed by atoms with van der Waals surface area (Å²) in [6.45, 7) is 0. The van der Waals surface area contributed by atoms with Crippen molar-refractivity contribution in [1.29, 1.82) is 10.5 Å². The largest absolute Gasteiger partial charge is 0.213 e. The number of hydrogen-bond acceptors (Lipinski definition) is 6. The highest BCUT2D eigenvalue weighted by atomic mass is 15.4. The van der Waals surface area contributed by atoms with E-state index in [9.17, 15) is 10.5 Å². The SMILES string of the molecule is N#Cc1cc2c(nnn2-c2ccc(-n3nnc4c5ccccc5c(C#N)cc43)cc2)c2ccccc12. The molecule has 0 spiro atoms. The fourth-order valence-corrected chi connectivity index (χ4v) is 4.80. The van der Waals surface area contributed by atoms with Crippen LogP contribution in [0.4, 0.5) is 0 Å². The lowest BCUT2D eigenvalue weighted by Gasteiger charge is -2.07. The van der Waals surface area contributed by atoms with Crippen molar-refractivity contribution in [1.82, 2.24) is 30.0 Å². The molecule has 166 valence electrons. The minimum Gasteiger partial charge on any atom is -0.213 e. The van der Waals surface area contributed by atoms with E-state index in [0.717, 1.165) is 55.0 Å². The topological polar surface area (TPSA) is 109 Å². The van der Waals surface area contributed by atoms with Crippen LogP contribution in [0.15, 0.2) is 84.9 Å². The van der Waals surface area contributed by atoms with Crippen molar-refractivity contribution in [2.75, 3.05) is 0 Å². The second-order valence-electron chi connectivity index (χ2n) is 8.42. The van der Waals surface area contributed by atoms with Gasteiger partial charge in [-0.2, -0.15) is 10.5 Å². The average Bonchev–Trinajstić information content (AvgIpc) is 3.57. The van der Waals surface area contributed by atoms with E-state index in [0.29, 0.717) is 11.1 Å². The summed E-state index contributed by atoms with van der Waals surface area (Å²) < 4.78 is 3.46. The van der Waals surface area contributed by atoms with Gasteiger partial charge in [-0.05, 0) is 36.4 Å². The molecule has 0 atom stereocenters. The Labute approximate surface area is 203 Å². The zero-order chi connectivity index (χ0) is 24.2. The number of rotatable bonds is 2. The molecule has 8 heteroatoms. The molecule has 0 unspecified atom stereocenters. The van der Waals surface area contributed by atoms with Crippen molar-refractivity contribution < 1.29 is 0 Å². The first-order chi connectivity index (χ1) is 17.8. The van der Waals surface area contributed by atoms with E-state index in [1.54, 1.807) is 9.36 Å². The van der Waals surface area contributed by atoms with Gasteiger partial charge in [-0.15, -0.1) is 10.2 Å². The maximum atomic E-state index is 9.69. The molecule has 36 heavy (non-hydrogen) atoms. The van der Waals surface area contributed by atoms with E-state index in [-0.39, 0.29) is 0 Å². The molecule has 0 aliphatic carbocycles. The highest BCUT2D eigenvalue weighted by Gasteiger charge is 2.15. The normalized spacial score (nSPS) is 11.3. The predicted molar refractivity (Wildman–Crippen MR) is 136 cm³/mol. The van der Waals surface area contributed by atoms with Crippen molar-refractivity contribution in [2.45, 2.75) is 0 Å². The maximum Gasteiger partial charge on any atom is 0.121 e. The molecule has 0 N–H and O–H groups in total. The van der Waals surface area contributed by atoms with E-state index in [2.05, 4.69) is 32.8 Å². The summed E-state index contributed by atoms with van der Waals surface area (Å²) in [5.41, 5.74) is 5.75. The number of hydrogen-bond donors (Lipinski definition) is 0. The zero-order valence-electron chi connectivity index (χ0n) is 18.7. The molecular weight excluding hydrogens is 448 g/mol. The predicted octanol–water partition coefficient (Wildman–Crippen LogP) is 5.20. The molecule has 0 fully saturated rings. The second-order valence-corrected chi connectivity index (χ2v) is 8.42. The summed E-state index contributed by atoms with van der Waals surface area (Å²) in [6, 6.07) is 31.3. The van der Waals surface area contributed by atoms with Gasteiger partial charge in [0.25, 0.3) is 0 Å². The van der Waals surface area contributed by atoms with Gasteiger partial charge in [0.1, 0.15) is 11.0 Å². The highest BCUT2D eigenvalue weighted by molar-refractivity contribution is 6.08. The van der Waals surface area contributed by atoms with Gasteiger partial charge < -0.3 is 0 Å². The maximum absolute atomic E-state index is 9.69. The molecule has 0 saturated heterocycles. The highest BCUT2D eigenvalue weighted by Crippen LogP contribution is 2.30. The van der Waals surface area contributed by atoms with Crippen LogP contribution in [-0.2, 0) is 0 Å². The number of benzene rings is 5. The number of nitrogens with zero attached hydrogens (tertiary/aromatic N) is 8. The molecular formula is C28H14N8. The van der Waals surface area contributed by atoms with Crippen LogP contribution in [0.2, 0.25) is 0 Å². The smallest absolute Gasteiger partial charge is 0.121 e. The molecule has 0 bridgehead atoms. The van der Waals surface area contributed by atoms with Crippen molar-refractivity contribution in [3.8, 4) is 23.5 Å². The molecule has 0 radical (unpaired) electrons. The van der Waals surface area contributed by atoms with Gasteiger partial charge in [-0.3, -0.25) is 0 Å². The standard InChI is InChI=1S/C28H14N8/c29-15-17-13-25-27(23-7-3-1-5-21(17)23)31-33-35(25)19-9-11-20(12-10-19)36-26-14-18(16-30)22-6-2-4-8-24(22)28(26)32-34-36/h1-14H. The monoisotopic (exact) mass is 462 g/mol. The van der Waals surface area contributed by atoms with Gasteiger partial charge in [0.15, 0.2) is 0 Å². The Morgan fingerprint density at radius 1 is 0.528 bits per heavy atom. The molecule has 7 aromatic rings. The third-order valence-electron chi connectivity index (χ3n) is 6.50. The van der Waals surface area contributed by atoms with E-state index in [1.807, 2.05) is 84.9 Å². The van der Waals surface area contributed by atoms with Crippen LogP contribution < -0.4 is 0 Å². The minimum absolute atomic E-state index is 0.577. The molecule has 7 rings (SSSR count). The van der Waals surface area contributed by atoms with Gasteiger partial charge in [-0.25, -0.2) is 9.36 Å². The van der Waals surface area contributed by atoms with Crippen LogP contribution in [0, 0.1) is 22.7 Å². The van der Waals surface area contributed by atoms with E-state index < -0.39 is 0 Å². The number of fused-ring (bicyclic) bond motifs is 6. The molecule has 0 amide bonds. The third-order valence-corrected chi connectivity index (χ3v) is 6.50. The van der Waals surface area contributed by atoms with Gasteiger partial charge in [0.2, 0.25) is 0 Å². The van der Waals surface area contributed by atoms with Gasteiger partial charge in [0, 0.05) is 21.5 Å². The van der Waals surface area contributed by atoms with Crippen LogP contribution in [0.3, 0.4) is 0 Å². The fourth-order valence-electron chi connectivity index (χ4n) is 4.80. The van der Waals surface area contributed by atoms with Crippen molar-refractivity contribution in [3.63, 3.8) is 0 Å². The summed E-state index contributed by atoms with van der Waals surface area (Å²) in [5, 5.41) is 40.4. The fraction of sp³-hybridized carbons (Fsp3) is 0. The minimum atomic E-state index is 0.577. The van der Waals surface area contributed by atoms with Gasteiger partial charge >= 0.3 is 0 Å². The summed E-state index contributed by atoms with van der Waals surface area (Å²) in [6.07, 6.45) is 0. The Morgan fingerprint density at radius 2 is 0.917 bits per heavy atom. The van der Waals surface area contributed by atoms with Crippen LogP contribution in [-0.4, -0.2) is 30.0 Å². The molecule has 5 aromatic carbocycles. The van der Waals surface area contributed by atoms with Crippen LogP contribution in [0.25, 0.3) is 55.0 Å². The van der Waals surface area contributed by atoms with Crippen molar-refractivity contribution in [3.05, 3.63) is 96.1 Å². The van der Waals surface area contributed by atoms with E-state index in [1.165, 1.54) is 0 Å². The first kappa shape index (κ1) is 19.8. The second kappa shape index (κ2) is 7.45. The summed E-state index contributed by atoms with van der Waals surface area (Å²) in [7, 11) is 0. The Morgan fingerprint density at radius 3 is 1.31 bits per heavy atom. The van der Waals surface area contributed by atoms with Gasteiger partial charge in [-0.1, -0.05) is 59.0 Å². The van der Waals surface area contributed by atoms with Crippen LogP contribution >= 0.6 is 0 Å².